The second kappa shape index (κ2) is 25.7. The molecule has 0 bridgehead atoms. The fourth-order valence-corrected chi connectivity index (χ4v) is 3.35. The first-order valence-corrected chi connectivity index (χ1v) is 14.1. The molecule has 0 fully saturated rings. The van der Waals surface area contributed by atoms with E-state index in [1.807, 2.05) is 0 Å². The molecule has 0 spiro atoms. The third-order valence-electron chi connectivity index (χ3n) is 5.34. The van der Waals surface area contributed by atoms with Gasteiger partial charge in [-0.1, -0.05) is 78.3 Å². The Labute approximate surface area is 358 Å². The van der Waals surface area contributed by atoms with E-state index in [0.29, 0.717) is 11.9 Å². The molecule has 2 heterocycles. The van der Waals surface area contributed by atoms with Gasteiger partial charge in [-0.2, -0.15) is 31.6 Å². The number of halogens is 7. The van der Waals surface area contributed by atoms with Gasteiger partial charge in [0.1, 0.15) is 0 Å². The number of benzene rings is 2. The molecule has 0 aliphatic carbocycles. The molecule has 10 nitrogen and oxygen atoms in total. The van der Waals surface area contributed by atoms with Gasteiger partial charge in [0, 0.05) is 29.9 Å². The molecular weight excluding hydrogens is 742 g/mol. The number of carbonyl (C=O) groups excluding carboxylic acids is 1. The smallest absolute Gasteiger partial charge is 1.00 e. The summed E-state index contributed by atoms with van der Waals surface area (Å²) in [5, 5.41) is 32.1. The van der Waals surface area contributed by atoms with Crippen molar-refractivity contribution in [3.05, 3.63) is 70.8 Å². The summed E-state index contributed by atoms with van der Waals surface area (Å²) < 4.78 is 75.9. The summed E-state index contributed by atoms with van der Waals surface area (Å²) in [6.45, 7) is 7.72. The maximum absolute atomic E-state index is 12.7. The molecule has 46 heavy (non-hydrogen) atoms. The van der Waals surface area contributed by atoms with Gasteiger partial charge in [-0.3, -0.25) is 4.79 Å². The van der Waals surface area contributed by atoms with Crippen LogP contribution in [0.5, 0.6) is 0 Å². The summed E-state index contributed by atoms with van der Waals surface area (Å²) in [7, 11) is 0. The number of rotatable bonds is 9. The van der Waals surface area contributed by atoms with Crippen LogP contribution in [-0.4, -0.2) is 31.9 Å². The topological polar surface area (TPSA) is 161 Å². The molecule has 0 saturated heterocycles. The number of nitrogens with zero attached hydrogens (tertiary/aromatic N) is 5. The van der Waals surface area contributed by atoms with Crippen molar-refractivity contribution in [2.75, 3.05) is 13.1 Å². The van der Waals surface area contributed by atoms with Gasteiger partial charge in [-0.05, 0) is 37.1 Å². The van der Waals surface area contributed by atoms with Crippen LogP contribution in [0.15, 0.2) is 69.0 Å². The third-order valence-corrected chi connectivity index (χ3v) is 5.99. The molecule has 19 heteroatoms. The molecule has 0 amide bonds. The summed E-state index contributed by atoms with van der Waals surface area (Å²) >= 11 is 3.22. The molecule has 246 valence electrons. The number of nitrogens with one attached hydrogen (secondary N) is 1. The molecule has 0 radical (unpaired) electrons. The Morgan fingerprint density at radius 1 is 0.913 bits per heavy atom. The molecule has 0 aromatic heterocycles. The Hall–Kier alpha value is -0.187. The predicted octanol–water partition coefficient (Wildman–Crippen LogP) is 0.570. The molecule has 0 atom stereocenters. The number of carbonyl (C=O) groups is 1. The molecule has 0 unspecified atom stereocenters. The summed E-state index contributed by atoms with van der Waals surface area (Å²) in [5.41, 5.74) is 2.44. The van der Waals surface area contributed by atoms with Crippen LogP contribution in [0.1, 0.15) is 57.3 Å². The van der Waals surface area contributed by atoms with Crippen LogP contribution < -0.4 is 119 Å². The van der Waals surface area contributed by atoms with Crippen LogP contribution in [0.25, 0.3) is 0 Å². The van der Waals surface area contributed by atoms with Crippen LogP contribution in [0.3, 0.4) is 0 Å². The maximum atomic E-state index is 12.7. The first-order chi connectivity index (χ1) is 20.7. The molecule has 2 aliphatic rings. The van der Waals surface area contributed by atoms with Crippen molar-refractivity contribution >= 4 is 22.4 Å². The number of alkyl halides is 7. The van der Waals surface area contributed by atoms with Crippen LogP contribution in [0.4, 0.5) is 26.3 Å². The monoisotopic (exact) mass is 775 g/mol. The van der Waals surface area contributed by atoms with Crippen LogP contribution in [0, 0.1) is 11.3 Å². The van der Waals surface area contributed by atoms with Crippen LogP contribution in [0.2, 0.25) is 0 Å². The van der Waals surface area contributed by atoms with E-state index in [0.717, 1.165) is 37.1 Å². The van der Waals surface area contributed by atoms with Crippen molar-refractivity contribution < 1.29 is 145 Å². The summed E-state index contributed by atoms with van der Waals surface area (Å²) in [4.78, 5) is 11.2. The van der Waals surface area contributed by atoms with Gasteiger partial charge in [0.2, 0.25) is 0 Å². The van der Waals surface area contributed by atoms with Gasteiger partial charge in [0.25, 0.3) is 6.47 Å². The summed E-state index contributed by atoms with van der Waals surface area (Å²) in [6, 6.07) is 14.0. The predicted molar refractivity (Wildman–Crippen MR) is 152 cm³/mol. The normalized spacial score (nSPS) is 13.7. The van der Waals surface area contributed by atoms with Gasteiger partial charge in [-0.25, -0.2) is 0 Å². The molecule has 2 aromatic carbocycles. The third kappa shape index (κ3) is 17.0. The van der Waals surface area contributed by atoms with Gasteiger partial charge >= 0.3 is 126 Å². The van der Waals surface area contributed by atoms with Gasteiger partial charge < -0.3 is 22.6 Å². The quantitative estimate of drug-likeness (QED) is 0.0721. The second-order valence-electron chi connectivity index (χ2n) is 8.65. The Morgan fingerprint density at radius 2 is 1.24 bits per heavy atom. The van der Waals surface area contributed by atoms with Crippen molar-refractivity contribution in [2.45, 2.75) is 69.2 Å². The number of nitriles is 1. The zero-order chi connectivity index (χ0) is 33.9. The van der Waals surface area contributed by atoms with Crippen molar-refractivity contribution in [1.29, 1.82) is 5.26 Å². The van der Waals surface area contributed by atoms with Crippen LogP contribution >= 0.6 is 15.9 Å². The first kappa shape index (κ1) is 50.2. The van der Waals surface area contributed by atoms with Crippen molar-refractivity contribution in [2.24, 2.45) is 26.2 Å². The van der Waals surface area contributed by atoms with E-state index < -0.39 is 23.7 Å². The standard InChI is InChI=1S/C12H14F3N3.C9H6BrF3N2.C3H9N.C2H3N.CH2O3.2K.H/c1-2-7-16-8-9-3-5-10(6-4-9)11(17-18-11)12(13,14)15;10-5-6-1-3-7(4-2-6)8(14-15-8)9(11,12)13;1-2-3-4;1-2-3;2-1-4-3;;;/h3-6,16H,2,7-8H2,1H3;1-4H,5H2;2-4H2,1H3;1H3;1,3H;;;/q;;;;;2*+1;-1/p-1. The van der Waals surface area contributed by atoms with E-state index >= 15 is 0 Å². The van der Waals surface area contributed by atoms with Gasteiger partial charge in [-0.15, -0.1) is 20.5 Å². The van der Waals surface area contributed by atoms with E-state index in [2.05, 4.69) is 60.4 Å². The van der Waals surface area contributed by atoms with Gasteiger partial charge in [0.15, 0.2) is 0 Å². The van der Waals surface area contributed by atoms with E-state index in [9.17, 15) is 26.3 Å². The van der Waals surface area contributed by atoms with E-state index in [1.54, 1.807) is 30.3 Å². The Morgan fingerprint density at radius 3 is 1.46 bits per heavy atom. The first-order valence-electron chi connectivity index (χ1n) is 12.9. The zero-order valence-electron chi connectivity index (χ0n) is 27.1. The molecule has 4 rings (SSSR count). The Bertz CT molecular complexity index is 1210. The zero-order valence-corrected chi connectivity index (χ0v) is 34.0. The fraction of sp³-hybridized carbons (Fsp3) is 0.481. The van der Waals surface area contributed by atoms with E-state index in [1.165, 1.54) is 31.2 Å². The minimum Gasteiger partial charge on any atom is -1.00 e. The maximum Gasteiger partial charge on any atom is 1.00 e. The minimum absolute atomic E-state index is 0. The molecule has 3 N–H and O–H groups in total. The Kier molecular flexibility index (Phi) is 28.1. The van der Waals surface area contributed by atoms with Crippen LogP contribution in [-0.2, 0) is 32.9 Å². The van der Waals surface area contributed by atoms with Crippen molar-refractivity contribution in [3.63, 3.8) is 0 Å². The van der Waals surface area contributed by atoms with E-state index in [4.69, 9.17) is 21.0 Å². The Balaban J connectivity index is -0.000000288. The average Bonchev–Trinajstić information content (AvgIpc) is 3.92. The molecular formula is C27H34BrF6K2N7O3. The second-order valence-corrected chi connectivity index (χ2v) is 9.21. The summed E-state index contributed by atoms with van der Waals surface area (Å²) in [6.07, 6.45) is -6.77. The molecule has 0 saturated carbocycles. The largest absolute Gasteiger partial charge is 1.00 e. The molecule has 2 aliphatic heterocycles. The van der Waals surface area contributed by atoms with E-state index in [-0.39, 0.29) is 122 Å². The minimum atomic E-state index is -4.45. The SMILES string of the molecule is CC#N.CCCN.CCCNCc1ccc(C2(C(F)(F)F)N=N2)cc1.FC(F)(F)C1(c2ccc(CBr)cc2)N=N1.O=CO[O-].[H-].[K+].[K+]. The van der Waals surface area contributed by atoms with Crippen molar-refractivity contribution in [1.82, 2.24) is 5.32 Å². The summed E-state index contributed by atoms with van der Waals surface area (Å²) in [5.74, 6) is 0. The van der Waals surface area contributed by atoms with Crippen molar-refractivity contribution in [3.8, 4) is 6.07 Å². The van der Waals surface area contributed by atoms with Gasteiger partial charge in [0.05, 0.1) is 6.07 Å². The number of nitrogens with two attached hydrogens (primary N) is 1. The number of hydrogen-bond acceptors (Lipinski definition) is 10. The number of hydrogen-bond donors (Lipinski definition) is 2. The fourth-order valence-electron chi connectivity index (χ4n) is 2.98. The average molecular weight is 777 g/mol. The molecule has 2 aromatic rings.